The van der Waals surface area contributed by atoms with Crippen LogP contribution in [-0.2, 0) is 0 Å². The van der Waals surface area contributed by atoms with E-state index in [4.69, 9.17) is 0 Å². The number of hydrogen-bond acceptors (Lipinski definition) is 2. The number of benzene rings is 3. The van der Waals surface area contributed by atoms with Gasteiger partial charge in [-0.05, 0) is 42.3 Å². The molecule has 0 radical (unpaired) electrons. The molecule has 1 N–H and O–H groups in total. The molecular formula is C25H26N2O. The maximum atomic E-state index is 13.4. The van der Waals surface area contributed by atoms with Gasteiger partial charge in [0.1, 0.15) is 0 Å². The lowest BCUT2D eigenvalue weighted by molar-refractivity contribution is 0.0960. The number of carbonyl (C=O) groups is 1. The predicted molar refractivity (Wildman–Crippen MR) is 116 cm³/mol. The smallest absolute Gasteiger partial charge is 0.258 e. The molecule has 3 heteroatoms. The van der Waals surface area contributed by atoms with E-state index in [9.17, 15) is 4.79 Å². The van der Waals surface area contributed by atoms with E-state index >= 15 is 0 Å². The number of nitrogens with zero attached hydrogens (tertiary/aromatic N) is 1. The van der Waals surface area contributed by atoms with Gasteiger partial charge in [0.05, 0.1) is 6.04 Å². The molecule has 0 aliphatic carbocycles. The first-order valence-electron chi connectivity index (χ1n) is 9.99. The fourth-order valence-corrected chi connectivity index (χ4v) is 4.35. The topological polar surface area (TPSA) is 32.3 Å². The second-order valence-electron chi connectivity index (χ2n) is 7.42. The van der Waals surface area contributed by atoms with Crippen LogP contribution in [0.4, 0.5) is 11.4 Å². The second kappa shape index (κ2) is 7.89. The van der Waals surface area contributed by atoms with E-state index in [0.29, 0.717) is 0 Å². The number of amides is 1. The Morgan fingerprint density at radius 3 is 2.18 bits per heavy atom. The average molecular weight is 370 g/mol. The highest BCUT2D eigenvalue weighted by Gasteiger charge is 2.40. The molecule has 3 aromatic rings. The minimum Gasteiger partial charge on any atom is -0.378 e. The third-order valence-corrected chi connectivity index (χ3v) is 5.75. The first-order chi connectivity index (χ1) is 13.7. The number of anilines is 2. The van der Waals surface area contributed by atoms with Crippen LogP contribution in [0.2, 0.25) is 0 Å². The summed E-state index contributed by atoms with van der Waals surface area (Å²) >= 11 is 0. The zero-order chi connectivity index (χ0) is 19.5. The standard InChI is InChI=1S/C25H26N2O/c1-3-22-18(2)24(26-20-14-8-5-9-15-20)21-16-10-11-17-23(21)27(22)25(28)19-12-6-4-7-13-19/h4-18,22,24,26H,3H2,1-2H3/t18-,22?,24?/m1/s1. The molecule has 0 saturated carbocycles. The number of hydrogen-bond donors (Lipinski definition) is 1. The van der Waals surface area contributed by atoms with Crippen LogP contribution in [0.15, 0.2) is 84.9 Å². The van der Waals surface area contributed by atoms with E-state index in [1.54, 1.807) is 0 Å². The highest BCUT2D eigenvalue weighted by Crippen LogP contribution is 2.43. The molecule has 1 amide bonds. The van der Waals surface area contributed by atoms with Crippen molar-refractivity contribution >= 4 is 17.3 Å². The van der Waals surface area contributed by atoms with Crippen LogP contribution >= 0.6 is 0 Å². The van der Waals surface area contributed by atoms with Crippen LogP contribution in [0.25, 0.3) is 0 Å². The summed E-state index contributed by atoms with van der Waals surface area (Å²) in [6.45, 7) is 4.41. The Morgan fingerprint density at radius 2 is 1.50 bits per heavy atom. The molecule has 0 spiro atoms. The fourth-order valence-electron chi connectivity index (χ4n) is 4.35. The van der Waals surface area contributed by atoms with Crippen LogP contribution in [0.3, 0.4) is 0 Å². The van der Waals surface area contributed by atoms with Crippen molar-refractivity contribution in [2.24, 2.45) is 5.92 Å². The van der Waals surface area contributed by atoms with Crippen molar-refractivity contribution < 1.29 is 4.79 Å². The third-order valence-electron chi connectivity index (χ3n) is 5.75. The first kappa shape index (κ1) is 18.3. The van der Waals surface area contributed by atoms with Crippen LogP contribution in [-0.4, -0.2) is 11.9 Å². The quantitative estimate of drug-likeness (QED) is 0.619. The van der Waals surface area contributed by atoms with Crippen LogP contribution in [0.1, 0.15) is 42.2 Å². The predicted octanol–water partition coefficient (Wildman–Crippen LogP) is 5.91. The van der Waals surface area contributed by atoms with Crippen LogP contribution in [0, 0.1) is 5.92 Å². The minimum atomic E-state index is 0.0740. The normalized spacial score (nSPS) is 21.1. The molecule has 28 heavy (non-hydrogen) atoms. The molecular weight excluding hydrogens is 344 g/mol. The molecule has 4 rings (SSSR count). The van der Waals surface area contributed by atoms with Crippen molar-refractivity contribution in [2.75, 3.05) is 10.2 Å². The van der Waals surface area contributed by atoms with Crippen molar-refractivity contribution in [1.29, 1.82) is 0 Å². The van der Waals surface area contributed by atoms with Gasteiger partial charge in [-0.25, -0.2) is 0 Å². The van der Waals surface area contributed by atoms with E-state index in [1.165, 1.54) is 5.56 Å². The Kier molecular flexibility index (Phi) is 5.16. The summed E-state index contributed by atoms with van der Waals surface area (Å²) < 4.78 is 0. The van der Waals surface area contributed by atoms with Gasteiger partial charge in [0, 0.05) is 28.9 Å². The largest absolute Gasteiger partial charge is 0.378 e. The van der Waals surface area contributed by atoms with E-state index < -0.39 is 0 Å². The van der Waals surface area contributed by atoms with Gasteiger partial charge in [-0.3, -0.25) is 4.79 Å². The number of para-hydroxylation sites is 2. The number of nitrogens with one attached hydrogen (secondary N) is 1. The van der Waals surface area contributed by atoms with E-state index in [-0.39, 0.29) is 23.9 Å². The third kappa shape index (κ3) is 3.29. The van der Waals surface area contributed by atoms with E-state index in [0.717, 1.165) is 23.4 Å². The molecule has 0 aromatic heterocycles. The zero-order valence-electron chi connectivity index (χ0n) is 16.4. The fraction of sp³-hybridized carbons (Fsp3) is 0.240. The van der Waals surface area contributed by atoms with Crippen LogP contribution < -0.4 is 10.2 Å². The molecule has 3 atom stereocenters. The van der Waals surface area contributed by atoms with Crippen molar-refractivity contribution in [3.05, 3.63) is 96.1 Å². The lowest BCUT2D eigenvalue weighted by Gasteiger charge is -2.45. The Morgan fingerprint density at radius 1 is 0.893 bits per heavy atom. The van der Waals surface area contributed by atoms with Gasteiger partial charge < -0.3 is 10.2 Å². The highest BCUT2D eigenvalue weighted by atomic mass is 16.2. The molecule has 142 valence electrons. The van der Waals surface area contributed by atoms with Gasteiger partial charge >= 0.3 is 0 Å². The SMILES string of the molecule is CCC1[C@@H](C)C(Nc2ccccc2)c2ccccc2N1C(=O)c1ccccc1. The van der Waals surface area contributed by atoms with Crippen LogP contribution in [0.5, 0.6) is 0 Å². The highest BCUT2D eigenvalue weighted by molar-refractivity contribution is 6.07. The molecule has 1 aliphatic rings. The maximum Gasteiger partial charge on any atom is 0.258 e. The molecule has 1 heterocycles. The number of rotatable bonds is 4. The number of carbonyl (C=O) groups excluding carboxylic acids is 1. The zero-order valence-corrected chi connectivity index (χ0v) is 16.4. The molecule has 3 aromatic carbocycles. The van der Waals surface area contributed by atoms with Gasteiger partial charge in [0.25, 0.3) is 5.91 Å². The van der Waals surface area contributed by atoms with E-state index in [1.807, 2.05) is 59.5 Å². The molecule has 0 fully saturated rings. The van der Waals surface area contributed by atoms with Gasteiger partial charge in [-0.2, -0.15) is 0 Å². The first-order valence-corrected chi connectivity index (χ1v) is 9.99. The second-order valence-corrected chi connectivity index (χ2v) is 7.42. The monoisotopic (exact) mass is 370 g/mol. The lowest BCUT2D eigenvalue weighted by atomic mass is 9.80. The molecule has 2 unspecified atom stereocenters. The molecule has 1 aliphatic heterocycles. The van der Waals surface area contributed by atoms with E-state index in [2.05, 4.69) is 49.5 Å². The average Bonchev–Trinajstić information content (AvgIpc) is 2.76. The summed E-state index contributed by atoms with van der Waals surface area (Å²) in [5.74, 6) is 0.345. The lowest BCUT2D eigenvalue weighted by Crippen LogP contribution is -2.50. The summed E-state index contributed by atoms with van der Waals surface area (Å²) in [6, 6.07) is 28.5. The van der Waals surface area contributed by atoms with Gasteiger partial charge in [0.15, 0.2) is 0 Å². The Balaban J connectivity index is 1.77. The summed E-state index contributed by atoms with van der Waals surface area (Å²) in [6.07, 6.45) is 0.904. The molecule has 3 nitrogen and oxygen atoms in total. The summed E-state index contributed by atoms with van der Waals surface area (Å²) in [7, 11) is 0. The van der Waals surface area contributed by atoms with Gasteiger partial charge in [0.2, 0.25) is 0 Å². The summed E-state index contributed by atoms with van der Waals surface area (Å²) in [5, 5.41) is 3.71. The Labute approximate surface area is 167 Å². The molecule has 0 saturated heterocycles. The minimum absolute atomic E-state index is 0.0740. The van der Waals surface area contributed by atoms with Crippen molar-refractivity contribution in [1.82, 2.24) is 0 Å². The Bertz CT molecular complexity index is 939. The number of fused-ring (bicyclic) bond motifs is 1. The maximum absolute atomic E-state index is 13.4. The Hall–Kier alpha value is -3.07. The van der Waals surface area contributed by atoms with Crippen molar-refractivity contribution in [3.63, 3.8) is 0 Å². The van der Waals surface area contributed by atoms with Crippen molar-refractivity contribution in [2.45, 2.75) is 32.4 Å². The summed E-state index contributed by atoms with van der Waals surface area (Å²) in [4.78, 5) is 15.5. The summed E-state index contributed by atoms with van der Waals surface area (Å²) in [5.41, 5.74) is 4.02. The van der Waals surface area contributed by atoms with Gasteiger partial charge in [-0.15, -0.1) is 0 Å². The van der Waals surface area contributed by atoms with Gasteiger partial charge in [-0.1, -0.05) is 68.4 Å². The molecule has 0 bridgehead atoms. The van der Waals surface area contributed by atoms with Crippen molar-refractivity contribution in [3.8, 4) is 0 Å².